The first kappa shape index (κ1) is 17.4. The van der Waals surface area contributed by atoms with Crippen molar-refractivity contribution < 1.29 is 14.2 Å². The topological polar surface area (TPSA) is 30.9 Å². The highest BCUT2D eigenvalue weighted by atomic mass is 35.5. The Kier molecular flexibility index (Phi) is 6.80. The number of piperidine rings is 1. The van der Waals surface area contributed by atoms with E-state index in [1.165, 1.54) is 19.3 Å². The van der Waals surface area contributed by atoms with Gasteiger partial charge in [-0.05, 0) is 37.4 Å². The summed E-state index contributed by atoms with van der Waals surface area (Å²) in [5.74, 6) is 1.29. The van der Waals surface area contributed by atoms with Crippen LogP contribution in [0.25, 0.3) is 0 Å². The van der Waals surface area contributed by atoms with Gasteiger partial charge in [0.15, 0.2) is 11.5 Å². The van der Waals surface area contributed by atoms with Crippen molar-refractivity contribution in [2.45, 2.75) is 38.3 Å². The molecule has 0 amide bonds. The van der Waals surface area contributed by atoms with E-state index in [1.54, 1.807) is 21.3 Å². The lowest BCUT2D eigenvalue weighted by Crippen LogP contribution is -2.39. The van der Waals surface area contributed by atoms with Crippen molar-refractivity contribution >= 4 is 11.6 Å². The molecule has 1 saturated heterocycles. The second-order valence-electron chi connectivity index (χ2n) is 5.68. The Bertz CT molecular complexity index is 481. The summed E-state index contributed by atoms with van der Waals surface area (Å²) in [7, 11) is 5.01. The maximum atomic E-state index is 6.51. The summed E-state index contributed by atoms with van der Waals surface area (Å²) in [6.07, 6.45) is 4.84. The largest absolute Gasteiger partial charge is 0.493 e. The van der Waals surface area contributed by atoms with E-state index in [0.717, 1.165) is 31.7 Å². The molecule has 2 rings (SSSR count). The Morgan fingerprint density at radius 2 is 2.00 bits per heavy atom. The van der Waals surface area contributed by atoms with Crippen LogP contribution in [-0.4, -0.2) is 45.4 Å². The quantitative estimate of drug-likeness (QED) is 0.763. The van der Waals surface area contributed by atoms with Gasteiger partial charge in [0, 0.05) is 26.3 Å². The molecular formula is C17H26ClNO3. The summed E-state index contributed by atoms with van der Waals surface area (Å²) in [5.41, 5.74) is 1.09. The summed E-state index contributed by atoms with van der Waals surface area (Å²) in [4.78, 5) is 2.51. The van der Waals surface area contributed by atoms with Crippen LogP contribution in [0, 0.1) is 0 Å². The van der Waals surface area contributed by atoms with Gasteiger partial charge in [-0.25, -0.2) is 0 Å². The van der Waals surface area contributed by atoms with E-state index in [-0.39, 0.29) is 0 Å². The van der Waals surface area contributed by atoms with Crippen LogP contribution in [0.2, 0.25) is 5.02 Å². The van der Waals surface area contributed by atoms with Crippen LogP contribution < -0.4 is 9.47 Å². The average Bonchev–Trinajstić information content (AvgIpc) is 2.55. The molecule has 4 nitrogen and oxygen atoms in total. The summed E-state index contributed by atoms with van der Waals surface area (Å²) in [6.45, 7) is 2.76. The van der Waals surface area contributed by atoms with E-state index in [9.17, 15) is 0 Å². The van der Waals surface area contributed by atoms with E-state index in [2.05, 4.69) is 4.90 Å². The third-order valence-corrected chi connectivity index (χ3v) is 4.76. The highest BCUT2D eigenvalue weighted by Crippen LogP contribution is 2.38. The van der Waals surface area contributed by atoms with Crippen molar-refractivity contribution in [1.82, 2.24) is 4.90 Å². The molecule has 1 fully saturated rings. The number of likely N-dealkylation sites (tertiary alicyclic amines) is 1. The van der Waals surface area contributed by atoms with E-state index in [0.29, 0.717) is 22.6 Å². The summed E-state index contributed by atoms with van der Waals surface area (Å²) < 4.78 is 15.9. The van der Waals surface area contributed by atoms with Gasteiger partial charge in [-0.15, -0.1) is 0 Å². The zero-order chi connectivity index (χ0) is 15.9. The minimum Gasteiger partial charge on any atom is -0.493 e. The standard InChI is InChI=1S/C17H26ClNO3/c1-20-11-9-14-6-4-5-10-19(14)12-13-7-8-15(21-2)17(22-3)16(13)18/h7-8,14H,4-6,9-12H2,1-3H3. The number of ether oxygens (including phenoxy) is 3. The van der Waals surface area contributed by atoms with E-state index in [4.69, 9.17) is 25.8 Å². The normalized spacial score (nSPS) is 19.2. The van der Waals surface area contributed by atoms with Crippen LogP contribution in [0.5, 0.6) is 11.5 Å². The predicted octanol–water partition coefficient (Wildman–Crippen LogP) is 3.75. The van der Waals surface area contributed by atoms with Crippen molar-refractivity contribution in [2.75, 3.05) is 34.5 Å². The Morgan fingerprint density at radius 1 is 1.18 bits per heavy atom. The number of hydrogen-bond donors (Lipinski definition) is 0. The predicted molar refractivity (Wildman–Crippen MR) is 89.1 cm³/mol. The number of methoxy groups -OCH3 is 3. The number of halogens is 1. The van der Waals surface area contributed by atoms with Crippen molar-refractivity contribution in [2.24, 2.45) is 0 Å². The molecule has 0 saturated carbocycles. The van der Waals surface area contributed by atoms with Gasteiger partial charge in [0.1, 0.15) is 0 Å². The second-order valence-corrected chi connectivity index (χ2v) is 6.05. The smallest absolute Gasteiger partial charge is 0.179 e. The van der Waals surface area contributed by atoms with Crippen LogP contribution in [0.4, 0.5) is 0 Å². The van der Waals surface area contributed by atoms with E-state index >= 15 is 0 Å². The molecule has 1 atom stereocenters. The molecule has 1 aromatic rings. The lowest BCUT2D eigenvalue weighted by molar-refractivity contribution is 0.0973. The molecule has 0 radical (unpaired) electrons. The second kappa shape index (κ2) is 8.61. The summed E-state index contributed by atoms with van der Waals surface area (Å²) in [5, 5.41) is 0.651. The molecule has 1 aliphatic heterocycles. The van der Waals surface area contributed by atoms with E-state index < -0.39 is 0 Å². The third kappa shape index (κ3) is 4.06. The van der Waals surface area contributed by atoms with Crippen molar-refractivity contribution in [3.8, 4) is 11.5 Å². The maximum absolute atomic E-state index is 6.51. The van der Waals surface area contributed by atoms with Gasteiger partial charge in [-0.2, -0.15) is 0 Å². The highest BCUT2D eigenvalue weighted by molar-refractivity contribution is 6.33. The van der Waals surface area contributed by atoms with Crippen LogP contribution in [0.15, 0.2) is 12.1 Å². The Hall–Kier alpha value is -0.970. The molecule has 22 heavy (non-hydrogen) atoms. The Balaban J connectivity index is 2.14. The van der Waals surface area contributed by atoms with Crippen molar-refractivity contribution in [1.29, 1.82) is 0 Å². The molecule has 0 aromatic heterocycles. The monoisotopic (exact) mass is 327 g/mol. The molecule has 1 aliphatic rings. The van der Waals surface area contributed by atoms with Crippen LogP contribution in [0.1, 0.15) is 31.2 Å². The zero-order valence-electron chi connectivity index (χ0n) is 13.7. The summed E-state index contributed by atoms with van der Waals surface area (Å²) in [6, 6.07) is 4.53. The average molecular weight is 328 g/mol. The lowest BCUT2D eigenvalue weighted by atomic mass is 9.98. The molecule has 1 aromatic carbocycles. The maximum Gasteiger partial charge on any atom is 0.179 e. The van der Waals surface area contributed by atoms with E-state index in [1.807, 2.05) is 12.1 Å². The first-order chi connectivity index (χ1) is 10.7. The summed E-state index contributed by atoms with van der Waals surface area (Å²) >= 11 is 6.51. The van der Waals surface area contributed by atoms with Gasteiger partial charge in [0.05, 0.1) is 19.2 Å². The van der Waals surface area contributed by atoms with Crippen molar-refractivity contribution in [3.63, 3.8) is 0 Å². The fourth-order valence-corrected chi connectivity index (χ4v) is 3.41. The molecule has 5 heteroatoms. The molecular weight excluding hydrogens is 302 g/mol. The Morgan fingerprint density at radius 3 is 2.68 bits per heavy atom. The van der Waals surface area contributed by atoms with Gasteiger partial charge in [0.25, 0.3) is 0 Å². The third-order valence-electron chi connectivity index (χ3n) is 4.34. The van der Waals surface area contributed by atoms with Gasteiger partial charge in [-0.3, -0.25) is 4.90 Å². The Labute approximate surface area is 138 Å². The molecule has 0 bridgehead atoms. The molecule has 0 N–H and O–H groups in total. The van der Waals surface area contributed by atoms with Crippen molar-refractivity contribution in [3.05, 3.63) is 22.7 Å². The fourth-order valence-electron chi connectivity index (χ4n) is 3.12. The molecule has 1 heterocycles. The van der Waals surface area contributed by atoms with Gasteiger partial charge < -0.3 is 14.2 Å². The first-order valence-electron chi connectivity index (χ1n) is 7.83. The van der Waals surface area contributed by atoms with Crippen LogP contribution >= 0.6 is 11.6 Å². The lowest BCUT2D eigenvalue weighted by Gasteiger charge is -2.36. The molecule has 124 valence electrons. The number of benzene rings is 1. The van der Waals surface area contributed by atoms with Gasteiger partial charge in [0.2, 0.25) is 0 Å². The number of nitrogens with zero attached hydrogens (tertiary/aromatic N) is 1. The first-order valence-corrected chi connectivity index (χ1v) is 8.21. The van der Waals surface area contributed by atoms with Gasteiger partial charge >= 0.3 is 0 Å². The highest BCUT2D eigenvalue weighted by Gasteiger charge is 2.24. The molecule has 0 aliphatic carbocycles. The van der Waals surface area contributed by atoms with Gasteiger partial charge in [-0.1, -0.05) is 24.1 Å². The SMILES string of the molecule is COCCC1CCCCN1Cc1ccc(OC)c(OC)c1Cl. The number of rotatable bonds is 7. The fraction of sp³-hybridized carbons (Fsp3) is 0.647. The molecule has 1 unspecified atom stereocenters. The number of hydrogen-bond acceptors (Lipinski definition) is 4. The molecule has 0 spiro atoms. The van der Waals surface area contributed by atoms with Crippen LogP contribution in [0.3, 0.4) is 0 Å². The zero-order valence-corrected chi connectivity index (χ0v) is 14.5. The minimum absolute atomic E-state index is 0.567. The minimum atomic E-state index is 0.567. The van der Waals surface area contributed by atoms with Crippen LogP contribution in [-0.2, 0) is 11.3 Å².